The van der Waals surface area contributed by atoms with E-state index in [4.69, 9.17) is 28.4 Å². The van der Waals surface area contributed by atoms with Crippen molar-refractivity contribution in [2.24, 2.45) is 23.7 Å². The number of ketones is 3. The van der Waals surface area contributed by atoms with Gasteiger partial charge in [-0.05, 0) is 46.6 Å². The van der Waals surface area contributed by atoms with Crippen molar-refractivity contribution in [1.82, 2.24) is 10.6 Å². The lowest BCUT2D eigenvalue weighted by atomic mass is 9.77. The van der Waals surface area contributed by atoms with E-state index in [1.807, 2.05) is 47.6 Å². The number of esters is 1. The van der Waals surface area contributed by atoms with Crippen LogP contribution in [0.3, 0.4) is 0 Å². The molecule has 9 atom stereocenters. The summed E-state index contributed by atoms with van der Waals surface area (Å²) in [6.07, 6.45) is 7.35. The molecule has 3 N–H and O–H groups in total. The standard InChI is InChI=1S/C43H54N2O12/c1-19-13-12-14-20(2)41(51)45-32-31(44-26-15-16-26)34(48)28-29(35(32)49)33(47)22(4)39-30(28)40(50)43(10,57-39)53-18-17-27(52-11)21(3)37(54-25(7)46)24(6)38-23(5)36(19)55-42(8,9)56-38/h12-14,17-19,21,23-24,26-27,36-38,44,47H,15-16H2,1-11H3,(H,45,51)/b13-12+,18-17+,20-14-/t19-,21+,23+,24+,27-,36-,37+,38-,43-/m0/s1. The van der Waals surface area contributed by atoms with Gasteiger partial charge in [-0.3, -0.25) is 24.0 Å². The quantitative estimate of drug-likeness (QED) is 0.325. The van der Waals surface area contributed by atoms with E-state index in [1.54, 1.807) is 25.2 Å². The number of benzene rings is 1. The third-order valence-electron chi connectivity index (χ3n) is 11.6. The number of carbonyl (C=O) groups excluding carboxylic acids is 5. The van der Waals surface area contributed by atoms with Gasteiger partial charge in [-0.1, -0.05) is 45.9 Å². The highest BCUT2D eigenvalue weighted by Crippen LogP contribution is 2.49. The minimum atomic E-state index is -2.02. The Morgan fingerprint density at radius 1 is 0.912 bits per heavy atom. The number of fused-ring (bicyclic) bond motifs is 10. The summed E-state index contributed by atoms with van der Waals surface area (Å²) < 4.78 is 37.0. The summed E-state index contributed by atoms with van der Waals surface area (Å²) in [5.41, 5.74) is -1.21. The van der Waals surface area contributed by atoms with Crippen molar-refractivity contribution in [1.29, 1.82) is 0 Å². The minimum Gasteiger partial charge on any atom is -0.507 e. The average Bonchev–Trinajstić information content (AvgIpc) is 3.93. The first-order chi connectivity index (χ1) is 26.7. The van der Waals surface area contributed by atoms with Crippen molar-refractivity contribution in [2.75, 3.05) is 7.11 Å². The van der Waals surface area contributed by atoms with Crippen LogP contribution in [0.25, 0.3) is 0 Å². The minimum absolute atomic E-state index is 0.0371. The molecule has 6 aliphatic rings. The van der Waals surface area contributed by atoms with Crippen LogP contribution in [0.5, 0.6) is 11.5 Å². The molecule has 14 heteroatoms. The molecular weight excluding hydrogens is 736 g/mol. The molecule has 7 bridgehead atoms. The number of methoxy groups -OCH3 is 1. The number of carbonyl (C=O) groups is 5. The van der Waals surface area contributed by atoms with Gasteiger partial charge in [-0.15, -0.1) is 0 Å². The SMILES string of the molecule is CO[C@H]1/C=C/O[C@@]2(C)Oc3c(C)c(O)c4c(c3C2=O)C(=O)C(NC2CC2)=C(NC(=O)/C(C)=C\C=C\[C@H](C)[C@@H]2OC(C)(C)O[C@H]([C@H](C)[C@H](OC(C)=O)[C@@H]1C)[C@@H]2C)C4=O. The molecule has 14 nitrogen and oxygen atoms in total. The summed E-state index contributed by atoms with van der Waals surface area (Å²) in [5, 5.41) is 17.2. The Morgan fingerprint density at radius 3 is 2.21 bits per heavy atom. The smallest absolute Gasteiger partial charge is 0.312 e. The molecule has 1 aromatic carbocycles. The molecule has 4 aliphatic heterocycles. The number of hydrogen-bond donors (Lipinski definition) is 3. The highest BCUT2D eigenvalue weighted by atomic mass is 16.7. The number of aromatic hydroxyl groups is 1. The van der Waals surface area contributed by atoms with Gasteiger partial charge in [0.15, 0.2) is 5.79 Å². The van der Waals surface area contributed by atoms with E-state index >= 15 is 0 Å². The summed E-state index contributed by atoms with van der Waals surface area (Å²) in [6.45, 7) is 17.3. The molecular formula is C43H54N2O12. The normalized spacial score (nSPS) is 35.0. The molecule has 7 rings (SSSR count). The van der Waals surface area contributed by atoms with Crippen molar-refractivity contribution in [2.45, 2.75) is 124 Å². The maximum atomic E-state index is 14.4. The molecule has 0 aromatic heterocycles. The third-order valence-corrected chi connectivity index (χ3v) is 11.6. The Balaban J connectivity index is 1.48. The van der Waals surface area contributed by atoms with E-state index in [1.165, 1.54) is 34.1 Å². The number of phenolic OH excluding ortho intramolecular Hbond substituents is 1. The van der Waals surface area contributed by atoms with Gasteiger partial charge in [-0.25, -0.2) is 0 Å². The van der Waals surface area contributed by atoms with E-state index in [2.05, 4.69) is 10.6 Å². The molecule has 1 saturated carbocycles. The molecule has 4 heterocycles. The number of ether oxygens (including phenoxy) is 6. The lowest BCUT2D eigenvalue weighted by Crippen LogP contribution is -2.56. The second kappa shape index (κ2) is 15.5. The topological polar surface area (TPSA) is 185 Å². The number of nitrogens with one attached hydrogen (secondary N) is 2. The highest BCUT2D eigenvalue weighted by Gasteiger charge is 2.53. The summed E-state index contributed by atoms with van der Waals surface area (Å²) in [6, 6.07) is -0.130. The van der Waals surface area contributed by atoms with Gasteiger partial charge >= 0.3 is 11.8 Å². The Morgan fingerprint density at radius 2 is 1.58 bits per heavy atom. The zero-order chi connectivity index (χ0) is 41.9. The first-order valence-electron chi connectivity index (χ1n) is 19.5. The van der Waals surface area contributed by atoms with Crippen molar-refractivity contribution in [3.8, 4) is 11.5 Å². The molecule has 1 aromatic rings. The predicted molar refractivity (Wildman–Crippen MR) is 206 cm³/mol. The Hall–Kier alpha value is -4.79. The molecule has 0 radical (unpaired) electrons. The van der Waals surface area contributed by atoms with Crippen molar-refractivity contribution < 1.29 is 57.5 Å². The van der Waals surface area contributed by atoms with Crippen LogP contribution in [-0.4, -0.2) is 83.5 Å². The first kappa shape index (κ1) is 41.8. The van der Waals surface area contributed by atoms with Gasteiger partial charge in [0, 0.05) is 61.8 Å². The molecule has 1 amide bonds. The number of amides is 1. The fraction of sp³-hybridized carbons (Fsp3) is 0.558. The van der Waals surface area contributed by atoms with Crippen LogP contribution in [0.15, 0.2) is 47.5 Å². The zero-order valence-corrected chi connectivity index (χ0v) is 34.4. The molecule has 2 aliphatic carbocycles. The lowest BCUT2D eigenvalue weighted by Gasteiger charge is -2.50. The number of Topliss-reactive ketones (excluding diaryl/α,β-unsaturated/α-hetero) is 3. The summed E-state index contributed by atoms with van der Waals surface area (Å²) in [7, 11) is 1.50. The van der Waals surface area contributed by atoms with Gasteiger partial charge in [0.2, 0.25) is 11.6 Å². The van der Waals surface area contributed by atoms with Gasteiger partial charge in [0.25, 0.3) is 11.7 Å². The Bertz CT molecular complexity index is 2010. The van der Waals surface area contributed by atoms with Gasteiger partial charge in [0.05, 0.1) is 41.3 Å². The fourth-order valence-corrected chi connectivity index (χ4v) is 8.35. The lowest BCUT2D eigenvalue weighted by molar-refractivity contribution is -0.336. The summed E-state index contributed by atoms with van der Waals surface area (Å²) in [4.78, 5) is 69.3. The largest absolute Gasteiger partial charge is 0.507 e. The van der Waals surface area contributed by atoms with E-state index < -0.39 is 76.3 Å². The maximum absolute atomic E-state index is 14.4. The molecule has 57 heavy (non-hydrogen) atoms. The zero-order valence-electron chi connectivity index (χ0n) is 34.4. The Kier molecular flexibility index (Phi) is 11.4. The predicted octanol–water partition coefficient (Wildman–Crippen LogP) is 5.51. The average molecular weight is 791 g/mol. The van der Waals surface area contributed by atoms with Crippen molar-refractivity contribution >= 4 is 29.2 Å². The summed E-state index contributed by atoms with van der Waals surface area (Å²) in [5.74, 6) is -8.35. The Labute approximate surface area is 333 Å². The maximum Gasteiger partial charge on any atom is 0.312 e. The second-order valence-electron chi connectivity index (χ2n) is 16.5. The molecule has 2 fully saturated rings. The molecule has 0 unspecified atom stereocenters. The number of hydrogen-bond acceptors (Lipinski definition) is 13. The van der Waals surface area contributed by atoms with E-state index in [-0.39, 0.29) is 69.3 Å². The van der Waals surface area contributed by atoms with Gasteiger partial charge < -0.3 is 44.2 Å². The monoisotopic (exact) mass is 790 g/mol. The van der Waals surface area contributed by atoms with Crippen LogP contribution in [0.4, 0.5) is 0 Å². The molecule has 0 spiro atoms. The number of allylic oxidation sites excluding steroid dienone is 4. The van der Waals surface area contributed by atoms with Crippen LogP contribution in [0.2, 0.25) is 0 Å². The first-order valence-corrected chi connectivity index (χ1v) is 19.5. The van der Waals surface area contributed by atoms with Crippen LogP contribution < -0.4 is 15.4 Å². The summed E-state index contributed by atoms with van der Waals surface area (Å²) >= 11 is 0. The van der Waals surface area contributed by atoms with Crippen LogP contribution in [0, 0.1) is 30.6 Å². The van der Waals surface area contributed by atoms with E-state index in [0.29, 0.717) is 0 Å². The van der Waals surface area contributed by atoms with Crippen molar-refractivity contribution in [3.63, 3.8) is 0 Å². The van der Waals surface area contributed by atoms with Gasteiger partial charge in [0.1, 0.15) is 29.0 Å². The van der Waals surface area contributed by atoms with Crippen LogP contribution in [0.1, 0.15) is 112 Å². The molecule has 308 valence electrons. The van der Waals surface area contributed by atoms with Crippen LogP contribution in [-0.2, 0) is 33.3 Å². The number of phenols is 1. The van der Waals surface area contributed by atoms with Crippen LogP contribution >= 0.6 is 0 Å². The highest BCUT2D eigenvalue weighted by molar-refractivity contribution is 6.32. The number of rotatable bonds is 4. The van der Waals surface area contributed by atoms with Crippen molar-refractivity contribution in [3.05, 3.63) is 69.8 Å². The fourth-order valence-electron chi connectivity index (χ4n) is 8.35. The van der Waals surface area contributed by atoms with Gasteiger partial charge in [-0.2, -0.15) is 0 Å². The molecule has 1 saturated heterocycles. The van der Waals surface area contributed by atoms with E-state index in [0.717, 1.165) is 12.8 Å². The second-order valence-corrected chi connectivity index (χ2v) is 16.5. The van der Waals surface area contributed by atoms with E-state index in [9.17, 15) is 29.1 Å². The third kappa shape index (κ3) is 7.79.